The number of rotatable bonds is 1. The quantitative estimate of drug-likeness (QED) is 0.623. The van der Waals surface area contributed by atoms with Crippen molar-refractivity contribution in [1.29, 1.82) is 0 Å². The van der Waals surface area contributed by atoms with E-state index >= 15 is 0 Å². The Labute approximate surface area is 87.4 Å². The van der Waals surface area contributed by atoms with Crippen LogP contribution in [0.15, 0.2) is 53.6 Å². The van der Waals surface area contributed by atoms with Gasteiger partial charge in [0.1, 0.15) is 5.70 Å². The number of primary amides is 1. The van der Waals surface area contributed by atoms with Gasteiger partial charge in [0.25, 0.3) is 5.91 Å². The summed E-state index contributed by atoms with van der Waals surface area (Å²) in [5.41, 5.74) is 7.73. The van der Waals surface area contributed by atoms with Crippen LogP contribution in [0.25, 0.3) is 0 Å². The highest BCUT2D eigenvalue weighted by Crippen LogP contribution is 1.90. The minimum atomic E-state index is -0.510. The van der Waals surface area contributed by atoms with Gasteiger partial charge in [0.05, 0.1) is 0 Å². The maximum Gasteiger partial charge on any atom is 0.266 e. The smallest absolute Gasteiger partial charge is 0.266 e. The molecule has 0 aliphatic carbocycles. The van der Waals surface area contributed by atoms with Crippen LogP contribution in [0.1, 0.15) is 0 Å². The molecule has 2 heterocycles. The summed E-state index contributed by atoms with van der Waals surface area (Å²) in [4.78, 5) is 13.4. The number of hydrogen-bond donors (Lipinski definition) is 3. The first-order valence-electron chi connectivity index (χ1n) is 4.34. The summed E-state index contributed by atoms with van der Waals surface area (Å²) in [5, 5.41) is 3.64. The SMILES string of the molecule is NC(=O)C1=CC=CC=NN1.c1cc[nH]c1. The van der Waals surface area contributed by atoms with Gasteiger partial charge in [-0.05, 0) is 24.3 Å². The molecule has 0 bridgehead atoms. The molecule has 78 valence electrons. The number of aromatic nitrogens is 1. The number of nitrogens with two attached hydrogens (primary N) is 1. The van der Waals surface area contributed by atoms with E-state index in [2.05, 4.69) is 15.5 Å². The molecule has 0 saturated heterocycles. The molecule has 1 aromatic rings. The van der Waals surface area contributed by atoms with E-state index in [1.807, 2.05) is 24.5 Å². The maximum atomic E-state index is 10.5. The Morgan fingerprint density at radius 1 is 1.27 bits per heavy atom. The molecule has 1 amide bonds. The van der Waals surface area contributed by atoms with Crippen molar-refractivity contribution >= 4 is 12.1 Å². The Hall–Kier alpha value is -2.30. The third-order valence-corrected chi connectivity index (χ3v) is 1.48. The molecule has 15 heavy (non-hydrogen) atoms. The van der Waals surface area contributed by atoms with E-state index in [1.165, 1.54) is 6.21 Å². The van der Waals surface area contributed by atoms with Crippen molar-refractivity contribution in [2.45, 2.75) is 0 Å². The monoisotopic (exact) mass is 204 g/mol. The number of carbonyl (C=O) groups excluding carboxylic acids is 1. The van der Waals surface area contributed by atoms with Gasteiger partial charge in [-0.2, -0.15) is 5.10 Å². The van der Waals surface area contributed by atoms with Crippen molar-refractivity contribution < 1.29 is 4.79 Å². The summed E-state index contributed by atoms with van der Waals surface area (Å²) in [6.45, 7) is 0. The van der Waals surface area contributed by atoms with Crippen LogP contribution in [0.3, 0.4) is 0 Å². The van der Waals surface area contributed by atoms with Gasteiger partial charge in [0.15, 0.2) is 0 Å². The van der Waals surface area contributed by atoms with Gasteiger partial charge in [0, 0.05) is 18.6 Å². The lowest BCUT2D eigenvalue weighted by Gasteiger charge is -1.96. The number of nitrogens with zero attached hydrogens (tertiary/aromatic N) is 1. The van der Waals surface area contributed by atoms with Crippen molar-refractivity contribution in [3.63, 3.8) is 0 Å². The van der Waals surface area contributed by atoms with E-state index in [-0.39, 0.29) is 0 Å². The van der Waals surface area contributed by atoms with E-state index in [1.54, 1.807) is 18.2 Å². The number of hydrogen-bond acceptors (Lipinski definition) is 3. The van der Waals surface area contributed by atoms with Crippen LogP contribution >= 0.6 is 0 Å². The number of allylic oxidation sites excluding steroid dienone is 3. The minimum Gasteiger partial charge on any atom is -0.368 e. The molecule has 1 aliphatic rings. The first-order valence-corrected chi connectivity index (χ1v) is 4.34. The van der Waals surface area contributed by atoms with Crippen LogP contribution in [-0.4, -0.2) is 17.1 Å². The molecule has 1 aliphatic heterocycles. The molecule has 0 unspecified atom stereocenters. The lowest BCUT2D eigenvalue weighted by molar-refractivity contribution is -0.114. The highest BCUT2D eigenvalue weighted by molar-refractivity contribution is 5.92. The highest BCUT2D eigenvalue weighted by Gasteiger charge is 2.00. The predicted molar refractivity (Wildman–Crippen MR) is 58.8 cm³/mol. The van der Waals surface area contributed by atoms with Crippen molar-refractivity contribution in [3.05, 3.63) is 48.5 Å². The summed E-state index contributed by atoms with van der Waals surface area (Å²) in [6, 6.07) is 3.89. The van der Waals surface area contributed by atoms with Gasteiger partial charge in [-0.1, -0.05) is 6.08 Å². The predicted octanol–water partition coefficient (Wildman–Crippen LogP) is 0.515. The van der Waals surface area contributed by atoms with E-state index in [0.29, 0.717) is 5.70 Å². The molecule has 4 N–H and O–H groups in total. The van der Waals surface area contributed by atoms with Crippen LogP contribution < -0.4 is 11.2 Å². The third-order valence-electron chi connectivity index (χ3n) is 1.48. The van der Waals surface area contributed by atoms with Crippen molar-refractivity contribution in [2.24, 2.45) is 10.8 Å². The van der Waals surface area contributed by atoms with Crippen molar-refractivity contribution in [1.82, 2.24) is 10.4 Å². The van der Waals surface area contributed by atoms with E-state index in [4.69, 9.17) is 5.73 Å². The van der Waals surface area contributed by atoms with Gasteiger partial charge in [-0.3, -0.25) is 10.2 Å². The lowest BCUT2D eigenvalue weighted by Crippen LogP contribution is -2.22. The summed E-state index contributed by atoms with van der Waals surface area (Å²) in [6.07, 6.45) is 10.2. The van der Waals surface area contributed by atoms with E-state index in [9.17, 15) is 4.79 Å². The van der Waals surface area contributed by atoms with Crippen LogP contribution in [0, 0.1) is 0 Å². The topological polar surface area (TPSA) is 83.3 Å². The zero-order valence-electron chi connectivity index (χ0n) is 8.05. The average molecular weight is 204 g/mol. The number of H-pyrrole nitrogens is 1. The van der Waals surface area contributed by atoms with Gasteiger partial charge in [0.2, 0.25) is 0 Å². The van der Waals surface area contributed by atoms with Gasteiger partial charge < -0.3 is 10.7 Å². The summed E-state index contributed by atoms with van der Waals surface area (Å²) in [7, 11) is 0. The molecule has 5 nitrogen and oxygen atoms in total. The zero-order chi connectivity index (χ0) is 10.9. The van der Waals surface area contributed by atoms with Crippen molar-refractivity contribution in [3.8, 4) is 0 Å². The van der Waals surface area contributed by atoms with Gasteiger partial charge >= 0.3 is 0 Å². The van der Waals surface area contributed by atoms with Crippen molar-refractivity contribution in [2.75, 3.05) is 0 Å². The fraction of sp³-hybridized carbons (Fsp3) is 0. The van der Waals surface area contributed by atoms with E-state index in [0.717, 1.165) is 0 Å². The number of aromatic amines is 1. The molecule has 0 radical (unpaired) electrons. The highest BCUT2D eigenvalue weighted by atomic mass is 16.1. The molecular weight excluding hydrogens is 192 g/mol. The summed E-state index contributed by atoms with van der Waals surface area (Å²) >= 11 is 0. The van der Waals surface area contributed by atoms with E-state index < -0.39 is 5.91 Å². The number of hydrazone groups is 1. The van der Waals surface area contributed by atoms with Crippen LogP contribution in [-0.2, 0) is 4.79 Å². The first-order chi connectivity index (χ1) is 7.30. The van der Waals surface area contributed by atoms with Gasteiger partial charge in [-0.15, -0.1) is 0 Å². The molecule has 0 spiro atoms. The third kappa shape index (κ3) is 4.47. The average Bonchev–Trinajstić information content (AvgIpc) is 2.67. The second kappa shape index (κ2) is 6.20. The molecule has 0 aromatic carbocycles. The molecule has 0 atom stereocenters. The standard InChI is InChI=1S/C6H7N3O.C4H5N/c7-6(10)5-3-1-2-4-8-9-5;1-2-4-5-3-1/h1-4,9H,(H2,7,10);1-5H. The number of carbonyl (C=O) groups is 1. The number of amides is 1. The first kappa shape index (κ1) is 10.8. The molecule has 5 heteroatoms. The van der Waals surface area contributed by atoms with Crippen LogP contribution in [0.5, 0.6) is 0 Å². The largest absolute Gasteiger partial charge is 0.368 e. The summed E-state index contributed by atoms with van der Waals surface area (Å²) < 4.78 is 0. The second-order valence-electron chi connectivity index (χ2n) is 2.60. The maximum absolute atomic E-state index is 10.5. The Morgan fingerprint density at radius 2 is 2.00 bits per heavy atom. The lowest BCUT2D eigenvalue weighted by atomic mass is 10.4. The molecule has 0 saturated carbocycles. The minimum absolute atomic E-state index is 0.296. The normalized spacial score (nSPS) is 12.9. The molecule has 2 rings (SSSR count). The Balaban J connectivity index is 0.000000187. The fourth-order valence-electron chi connectivity index (χ4n) is 0.804. The van der Waals surface area contributed by atoms with Crippen LogP contribution in [0.2, 0.25) is 0 Å². The second-order valence-corrected chi connectivity index (χ2v) is 2.60. The number of nitrogens with one attached hydrogen (secondary N) is 2. The van der Waals surface area contributed by atoms with Gasteiger partial charge in [-0.25, -0.2) is 0 Å². The molecule has 1 aromatic heterocycles. The summed E-state index contributed by atoms with van der Waals surface area (Å²) in [5.74, 6) is -0.510. The molecule has 0 fully saturated rings. The zero-order valence-corrected chi connectivity index (χ0v) is 8.05. The Kier molecular flexibility index (Phi) is 4.45. The Morgan fingerprint density at radius 3 is 2.53 bits per heavy atom. The van der Waals surface area contributed by atoms with Crippen LogP contribution in [0.4, 0.5) is 0 Å². The Bertz CT molecular complexity index is 359. The molecular formula is C10H12N4O. The fourth-order valence-corrected chi connectivity index (χ4v) is 0.804.